The van der Waals surface area contributed by atoms with Gasteiger partial charge in [-0.3, -0.25) is 23.9 Å². The summed E-state index contributed by atoms with van der Waals surface area (Å²) in [6, 6.07) is 1.15. The highest BCUT2D eigenvalue weighted by atomic mass is 79.9. The molecule has 0 aromatic carbocycles. The Hall–Kier alpha value is -1.94. The third-order valence-corrected chi connectivity index (χ3v) is 4.25. The monoisotopic (exact) mass is 390 g/mol. The minimum Gasteiger partial charge on any atom is -0.463 e. The van der Waals surface area contributed by atoms with Crippen LogP contribution in [0.4, 0.5) is 0 Å². The molecule has 0 amide bonds. The first-order valence-corrected chi connectivity index (χ1v) is 7.62. The van der Waals surface area contributed by atoms with Gasteiger partial charge < -0.3 is 14.2 Å². The van der Waals surface area contributed by atoms with Crippen molar-refractivity contribution in [2.24, 2.45) is 0 Å². The number of hydrogen-bond acceptors (Lipinski definition) is 7. The largest absolute Gasteiger partial charge is 0.463 e. The molecule has 1 N–H and O–H groups in total. The van der Waals surface area contributed by atoms with E-state index in [9.17, 15) is 19.2 Å². The maximum absolute atomic E-state index is 11.9. The molecule has 2 rings (SSSR count). The highest BCUT2D eigenvalue weighted by Crippen LogP contribution is 2.35. The van der Waals surface area contributed by atoms with Gasteiger partial charge in [0.2, 0.25) is 0 Å². The van der Waals surface area contributed by atoms with E-state index in [4.69, 9.17) is 14.2 Å². The molecule has 126 valence electrons. The molecule has 1 aromatic rings. The zero-order chi connectivity index (χ0) is 17.1. The minimum atomic E-state index is -0.965. The topological polar surface area (TPSA) is 117 Å². The number of H-pyrrole nitrogens is 1. The normalized spacial score (nSPS) is 26.7. The van der Waals surface area contributed by atoms with Crippen molar-refractivity contribution in [3.05, 3.63) is 33.1 Å². The molecule has 4 atom stereocenters. The molecule has 1 fully saturated rings. The van der Waals surface area contributed by atoms with Crippen LogP contribution in [0.15, 0.2) is 21.9 Å². The maximum Gasteiger partial charge on any atom is 0.330 e. The van der Waals surface area contributed by atoms with E-state index in [1.54, 1.807) is 0 Å². The number of nitrogens with zero attached hydrogens (tertiary/aromatic N) is 1. The van der Waals surface area contributed by atoms with Gasteiger partial charge in [0.15, 0.2) is 12.3 Å². The first kappa shape index (κ1) is 17.4. The molecule has 0 bridgehead atoms. The summed E-state index contributed by atoms with van der Waals surface area (Å²) in [6.07, 6.45) is -1.19. The number of halogens is 1. The molecule has 0 unspecified atom stereocenters. The van der Waals surface area contributed by atoms with Crippen molar-refractivity contribution < 1.29 is 23.8 Å². The Balaban J connectivity index is 2.30. The molecule has 9 nitrogen and oxygen atoms in total. The molecule has 10 heteroatoms. The first-order valence-electron chi connectivity index (χ1n) is 6.71. The average molecular weight is 391 g/mol. The molecular formula is C13H15BrN2O7. The standard InChI is InChI=1S/C13H15BrN2O7/c1-6(17)21-5-8-10(14)11(22-7(2)18)12(23-8)16-4-3-9(19)15-13(16)20/h3-4,8,10-12H,5H2,1-2H3,(H,15,19,20)/t8-,10+,11-,12-/m1/s1. The number of aromatic nitrogens is 2. The van der Waals surface area contributed by atoms with Gasteiger partial charge in [0.25, 0.3) is 5.56 Å². The molecule has 1 aromatic heterocycles. The molecule has 23 heavy (non-hydrogen) atoms. The van der Waals surface area contributed by atoms with E-state index in [0.717, 1.165) is 10.6 Å². The van der Waals surface area contributed by atoms with E-state index in [1.165, 1.54) is 20.0 Å². The van der Waals surface area contributed by atoms with Crippen LogP contribution in [0.25, 0.3) is 0 Å². The average Bonchev–Trinajstić information content (AvgIpc) is 2.73. The number of nitrogens with one attached hydrogen (secondary N) is 1. The SMILES string of the molecule is CC(=O)OC[C@H]1O[C@@H](n2ccc(=O)[nH]c2=O)[C@H](OC(C)=O)[C@H]1Br. The van der Waals surface area contributed by atoms with Crippen LogP contribution in [0.1, 0.15) is 20.1 Å². The van der Waals surface area contributed by atoms with Crippen LogP contribution in [-0.2, 0) is 23.8 Å². The quantitative estimate of drug-likeness (QED) is 0.553. The van der Waals surface area contributed by atoms with Gasteiger partial charge in [-0.25, -0.2) is 4.79 Å². The van der Waals surface area contributed by atoms with Gasteiger partial charge in [0.05, 0.1) is 4.83 Å². The summed E-state index contributed by atoms with van der Waals surface area (Å²) in [5.74, 6) is -1.04. The summed E-state index contributed by atoms with van der Waals surface area (Å²) in [5, 5.41) is 0. The lowest BCUT2D eigenvalue weighted by molar-refractivity contribution is -0.153. The Kier molecular flexibility index (Phi) is 5.37. The van der Waals surface area contributed by atoms with E-state index < -0.39 is 46.5 Å². The fraction of sp³-hybridized carbons (Fsp3) is 0.538. The van der Waals surface area contributed by atoms with Gasteiger partial charge in [-0.1, -0.05) is 15.9 Å². The Bertz CT molecular complexity index is 713. The molecule has 0 aliphatic carbocycles. The number of carbonyl (C=O) groups is 2. The van der Waals surface area contributed by atoms with E-state index >= 15 is 0 Å². The first-order chi connectivity index (χ1) is 10.8. The second-order valence-electron chi connectivity index (χ2n) is 4.90. The number of esters is 2. The summed E-state index contributed by atoms with van der Waals surface area (Å²) in [7, 11) is 0. The molecule has 0 saturated carbocycles. The summed E-state index contributed by atoms with van der Waals surface area (Å²) < 4.78 is 16.9. The van der Waals surface area contributed by atoms with Crippen molar-refractivity contribution in [2.45, 2.75) is 37.1 Å². The van der Waals surface area contributed by atoms with Gasteiger partial charge in [0, 0.05) is 26.1 Å². The summed E-state index contributed by atoms with van der Waals surface area (Å²) in [6.45, 7) is 2.41. The number of alkyl halides is 1. The molecule has 2 heterocycles. The second kappa shape index (κ2) is 7.09. The van der Waals surface area contributed by atoms with Crippen LogP contribution >= 0.6 is 15.9 Å². The summed E-state index contributed by atoms with van der Waals surface area (Å²) in [4.78, 5) is 46.9. The van der Waals surface area contributed by atoms with Gasteiger partial charge in [-0.05, 0) is 0 Å². The van der Waals surface area contributed by atoms with E-state index in [-0.39, 0.29) is 6.61 Å². The fourth-order valence-electron chi connectivity index (χ4n) is 2.20. The number of aromatic amines is 1. The Morgan fingerprint density at radius 2 is 2.04 bits per heavy atom. The number of ether oxygens (including phenoxy) is 3. The van der Waals surface area contributed by atoms with Crippen molar-refractivity contribution >= 4 is 27.9 Å². The van der Waals surface area contributed by atoms with Crippen molar-refractivity contribution in [1.82, 2.24) is 9.55 Å². The molecule has 1 saturated heterocycles. The van der Waals surface area contributed by atoms with Crippen molar-refractivity contribution in [2.75, 3.05) is 6.61 Å². The van der Waals surface area contributed by atoms with Crippen LogP contribution in [0, 0.1) is 0 Å². The van der Waals surface area contributed by atoms with E-state index in [1.807, 2.05) is 0 Å². The minimum absolute atomic E-state index is 0.0718. The van der Waals surface area contributed by atoms with Crippen molar-refractivity contribution in [3.63, 3.8) is 0 Å². The smallest absolute Gasteiger partial charge is 0.330 e. The van der Waals surface area contributed by atoms with Gasteiger partial charge >= 0.3 is 17.6 Å². The second-order valence-corrected chi connectivity index (χ2v) is 5.96. The van der Waals surface area contributed by atoms with Crippen molar-refractivity contribution in [1.29, 1.82) is 0 Å². The molecular weight excluding hydrogens is 376 g/mol. The van der Waals surface area contributed by atoms with E-state index in [0.29, 0.717) is 0 Å². The molecule has 1 aliphatic rings. The van der Waals surface area contributed by atoms with Gasteiger partial charge in [0.1, 0.15) is 12.7 Å². The predicted molar refractivity (Wildman–Crippen MR) is 80.1 cm³/mol. The Morgan fingerprint density at radius 3 is 2.61 bits per heavy atom. The third kappa shape index (κ3) is 4.08. The fourth-order valence-corrected chi connectivity index (χ4v) is 2.84. The molecule has 1 aliphatic heterocycles. The highest BCUT2D eigenvalue weighted by molar-refractivity contribution is 9.09. The van der Waals surface area contributed by atoms with Crippen LogP contribution in [0.3, 0.4) is 0 Å². The van der Waals surface area contributed by atoms with E-state index in [2.05, 4.69) is 20.9 Å². The Morgan fingerprint density at radius 1 is 1.35 bits per heavy atom. The van der Waals surface area contributed by atoms with Gasteiger partial charge in [-0.2, -0.15) is 0 Å². The van der Waals surface area contributed by atoms with Gasteiger partial charge in [-0.15, -0.1) is 0 Å². The maximum atomic E-state index is 11.9. The highest BCUT2D eigenvalue weighted by Gasteiger charge is 2.47. The number of carbonyl (C=O) groups excluding carboxylic acids is 2. The summed E-state index contributed by atoms with van der Waals surface area (Å²) >= 11 is 3.35. The zero-order valence-electron chi connectivity index (χ0n) is 12.4. The van der Waals surface area contributed by atoms with Crippen LogP contribution in [0.5, 0.6) is 0 Å². The lowest BCUT2D eigenvalue weighted by atomic mass is 10.2. The van der Waals surface area contributed by atoms with Crippen LogP contribution in [0.2, 0.25) is 0 Å². The molecule has 0 spiro atoms. The number of hydrogen-bond donors (Lipinski definition) is 1. The molecule has 0 radical (unpaired) electrons. The van der Waals surface area contributed by atoms with Crippen molar-refractivity contribution in [3.8, 4) is 0 Å². The lowest BCUT2D eigenvalue weighted by Gasteiger charge is -2.21. The van der Waals surface area contributed by atoms with Crippen LogP contribution < -0.4 is 11.2 Å². The summed E-state index contributed by atoms with van der Waals surface area (Å²) in [5.41, 5.74) is -1.26. The number of rotatable bonds is 4. The zero-order valence-corrected chi connectivity index (χ0v) is 13.9. The predicted octanol–water partition coefficient (Wildman–Crippen LogP) is -0.308. The third-order valence-electron chi connectivity index (χ3n) is 3.14. The Labute approximate surface area is 138 Å². The van der Waals surface area contributed by atoms with Crippen LogP contribution in [-0.4, -0.2) is 45.1 Å². The lowest BCUT2D eigenvalue weighted by Crippen LogP contribution is -2.38.